The van der Waals surface area contributed by atoms with Crippen LogP contribution in [0.1, 0.15) is 62.4 Å². The minimum absolute atomic E-state index is 0. The van der Waals surface area contributed by atoms with E-state index >= 15 is 0 Å². The van der Waals surface area contributed by atoms with E-state index in [1.807, 2.05) is 6.20 Å². The first-order valence-corrected chi connectivity index (χ1v) is 19.2. The van der Waals surface area contributed by atoms with Gasteiger partial charge in [-0.1, -0.05) is 153 Å². The van der Waals surface area contributed by atoms with E-state index in [-0.39, 0.29) is 42.5 Å². The summed E-state index contributed by atoms with van der Waals surface area (Å²) >= 11 is 0. The van der Waals surface area contributed by atoms with E-state index < -0.39 is 0 Å². The molecule has 57 heavy (non-hydrogen) atoms. The van der Waals surface area contributed by atoms with Crippen LogP contribution in [0, 0.1) is 6.07 Å². The van der Waals surface area contributed by atoms with Gasteiger partial charge in [-0.25, -0.2) is 0 Å². The van der Waals surface area contributed by atoms with Crippen LogP contribution >= 0.6 is 0 Å². The van der Waals surface area contributed by atoms with Crippen molar-refractivity contribution in [2.24, 2.45) is 0 Å². The number of fused-ring (bicyclic) bond motifs is 13. The first-order chi connectivity index (χ1) is 27.1. The molecule has 281 valence electrons. The molecule has 1 spiro atoms. The van der Waals surface area contributed by atoms with Crippen molar-refractivity contribution >= 4 is 27.3 Å². The zero-order valence-corrected chi connectivity index (χ0v) is 35.1. The van der Waals surface area contributed by atoms with Gasteiger partial charge in [-0.15, -0.1) is 29.8 Å². The first kappa shape index (κ1) is 38.0. The average molecular weight is 918 g/mol. The number of hydrogen-bond acceptors (Lipinski definition) is 2. The molecule has 3 nitrogen and oxygen atoms in total. The van der Waals surface area contributed by atoms with Crippen LogP contribution in [0.15, 0.2) is 164 Å². The zero-order valence-electron chi connectivity index (χ0n) is 32.7. The van der Waals surface area contributed by atoms with E-state index in [0.29, 0.717) is 0 Å². The fraction of sp³-hybridized carbons (Fsp3) is 0.132. The van der Waals surface area contributed by atoms with Crippen LogP contribution in [0.5, 0.6) is 0 Å². The van der Waals surface area contributed by atoms with Gasteiger partial charge in [-0.05, 0) is 95.7 Å². The number of ketones is 1. The van der Waals surface area contributed by atoms with E-state index in [2.05, 4.69) is 172 Å². The third-order valence-corrected chi connectivity index (χ3v) is 11.4. The molecule has 2 N–H and O–H groups in total. The topological polar surface area (TPSA) is 54.5 Å². The number of aliphatic hydroxyl groups is 1. The molecule has 0 atom stereocenters. The predicted molar refractivity (Wildman–Crippen MR) is 233 cm³/mol. The minimum Gasteiger partial charge on any atom is -0.512 e. The molecule has 8 aromatic rings. The van der Waals surface area contributed by atoms with Crippen molar-refractivity contribution in [3.05, 3.63) is 198 Å². The van der Waals surface area contributed by atoms with Crippen LogP contribution in [-0.2, 0) is 30.9 Å². The molecule has 0 aliphatic heterocycles. The van der Waals surface area contributed by atoms with Crippen molar-refractivity contribution in [1.29, 1.82) is 0 Å². The Balaban J connectivity index is 0.000000524. The Hall–Kier alpha value is -5.93. The van der Waals surface area contributed by atoms with E-state index in [0.717, 1.165) is 22.2 Å². The number of rotatable bonds is 3. The smallest absolute Gasteiger partial charge is 0.316 e. The molecule has 10 rings (SSSR count). The number of nitrogens with zero attached hydrogens (tertiary/aromatic N) is 1. The van der Waals surface area contributed by atoms with Gasteiger partial charge in [0.15, 0.2) is 0 Å². The molecule has 0 saturated carbocycles. The number of aliphatic hydroxyl groups excluding tert-OH is 1. The molecule has 0 saturated heterocycles. The molecule has 4 heteroatoms. The summed E-state index contributed by atoms with van der Waals surface area (Å²) in [6, 6.07) is 57.7. The van der Waals surface area contributed by atoms with Crippen LogP contribution < -0.4 is 0 Å². The molecular formula is C53H43IrNO2. The maximum absolute atomic E-state index is 8.40. The maximum Gasteiger partial charge on any atom is 0.316 e. The SMILES string of the molecule is CC(=[OH+])/C=C(/C)O.CC(C)(C)c1ccc2c(ccc3c(-c4[c-]cc(-c5ccc6c(c5)C5(c7ccccc7-c7ccccc75)c5ccccc5-6)cc4)nccc32)c1.[Ir]. The second-order valence-electron chi connectivity index (χ2n) is 16.1. The Morgan fingerprint density at radius 2 is 1.21 bits per heavy atom. The minimum atomic E-state index is -0.345. The average Bonchev–Trinajstić information content (AvgIpc) is 3.67. The van der Waals surface area contributed by atoms with E-state index in [9.17, 15) is 0 Å². The normalized spacial score (nSPS) is 13.2. The number of hydrogen-bond donors (Lipinski definition) is 1. The zero-order chi connectivity index (χ0) is 38.8. The van der Waals surface area contributed by atoms with Crippen LogP contribution in [-0.4, -0.2) is 20.7 Å². The summed E-state index contributed by atoms with van der Waals surface area (Å²) in [6.07, 6.45) is 3.21. The molecule has 2 aliphatic carbocycles. The van der Waals surface area contributed by atoms with Gasteiger partial charge in [0.05, 0.1) is 24.2 Å². The van der Waals surface area contributed by atoms with E-state index in [1.54, 1.807) is 0 Å². The Labute approximate surface area is 348 Å². The van der Waals surface area contributed by atoms with Gasteiger partial charge < -0.3 is 10.1 Å². The van der Waals surface area contributed by atoms with Crippen molar-refractivity contribution in [3.63, 3.8) is 0 Å². The molecule has 0 amide bonds. The molecule has 1 heterocycles. The van der Waals surface area contributed by atoms with Crippen LogP contribution in [0.2, 0.25) is 0 Å². The molecule has 1 aromatic heterocycles. The molecule has 0 bridgehead atoms. The summed E-state index contributed by atoms with van der Waals surface area (Å²) in [7, 11) is 0. The summed E-state index contributed by atoms with van der Waals surface area (Å²) in [5, 5.41) is 13.3. The Kier molecular flexibility index (Phi) is 9.68. The number of benzene rings is 7. The summed E-state index contributed by atoms with van der Waals surface area (Å²) in [5.41, 5.74) is 16.2. The van der Waals surface area contributed by atoms with Gasteiger partial charge in [0.2, 0.25) is 0 Å². The Morgan fingerprint density at radius 3 is 1.75 bits per heavy atom. The molecular weight excluding hydrogens is 875 g/mol. The monoisotopic (exact) mass is 918 g/mol. The van der Waals surface area contributed by atoms with E-state index in [1.165, 1.54) is 91.7 Å². The van der Waals surface area contributed by atoms with Crippen LogP contribution in [0.4, 0.5) is 0 Å². The molecule has 1 radical (unpaired) electrons. The van der Waals surface area contributed by atoms with Gasteiger partial charge in [-0.3, -0.25) is 4.79 Å². The summed E-state index contributed by atoms with van der Waals surface area (Å²) in [4.78, 5) is 13.3. The van der Waals surface area contributed by atoms with E-state index in [4.69, 9.17) is 14.9 Å². The second kappa shape index (κ2) is 14.5. The largest absolute Gasteiger partial charge is 0.512 e. The van der Waals surface area contributed by atoms with Gasteiger partial charge in [0.25, 0.3) is 0 Å². The number of allylic oxidation sites excluding steroid dienone is 2. The second-order valence-corrected chi connectivity index (χ2v) is 16.1. The van der Waals surface area contributed by atoms with Crippen LogP contribution in [0.3, 0.4) is 0 Å². The maximum atomic E-state index is 8.40. The van der Waals surface area contributed by atoms with Crippen molar-refractivity contribution in [2.45, 2.75) is 45.4 Å². The van der Waals surface area contributed by atoms with Crippen LogP contribution in [0.25, 0.3) is 66.2 Å². The van der Waals surface area contributed by atoms with Gasteiger partial charge >= 0.3 is 5.78 Å². The van der Waals surface area contributed by atoms with Crippen molar-refractivity contribution < 1.29 is 30.0 Å². The predicted octanol–water partition coefficient (Wildman–Crippen LogP) is 13.2. The van der Waals surface area contributed by atoms with Crippen molar-refractivity contribution in [3.8, 4) is 44.6 Å². The van der Waals surface area contributed by atoms with Gasteiger partial charge in [0, 0.05) is 26.3 Å². The molecule has 7 aromatic carbocycles. The molecule has 2 aliphatic rings. The third-order valence-electron chi connectivity index (χ3n) is 11.4. The number of aromatic nitrogens is 1. The van der Waals surface area contributed by atoms with Crippen molar-refractivity contribution in [1.82, 2.24) is 4.98 Å². The fourth-order valence-electron chi connectivity index (χ4n) is 9.01. The quantitative estimate of drug-likeness (QED) is 0.0631. The Bertz CT molecular complexity index is 2830. The summed E-state index contributed by atoms with van der Waals surface area (Å²) in [5.74, 6) is 0.250. The summed E-state index contributed by atoms with van der Waals surface area (Å²) in [6.45, 7) is 9.80. The summed E-state index contributed by atoms with van der Waals surface area (Å²) < 4.78 is 0. The number of carbonyl (C=O) groups excluding carboxylic acids is 1. The third kappa shape index (κ3) is 6.25. The van der Waals surface area contributed by atoms with Gasteiger partial charge in [-0.2, -0.15) is 0 Å². The Morgan fingerprint density at radius 1 is 0.632 bits per heavy atom. The van der Waals surface area contributed by atoms with Gasteiger partial charge in [0.1, 0.15) is 0 Å². The first-order valence-electron chi connectivity index (χ1n) is 19.2. The van der Waals surface area contributed by atoms with Crippen molar-refractivity contribution in [2.75, 3.05) is 0 Å². The number of pyridine rings is 1. The molecule has 0 unspecified atom stereocenters. The fourth-order valence-corrected chi connectivity index (χ4v) is 9.01. The standard InChI is InChI=1S/C48H34N.C5H8O2.Ir/c1-47(2,3)34-22-25-35-33(28-34)21-24-41-36(35)26-27-49-46(41)31-18-16-30(17-19-31)32-20-23-40-39-12-6-9-15-44(39)48(45(40)29-32)42-13-7-4-10-37(42)38-11-5-8-14-43(38)48;1-4(6)3-5(2)7;/h4-18,20-29H,1-3H3;3,6H,1-2H3;/q-1;;/p+1/b;4-3-;. The molecule has 0 fully saturated rings.